The number of rotatable bonds is 5. The topological polar surface area (TPSA) is 73.2 Å². The molecule has 2 aromatic rings. The lowest BCUT2D eigenvalue weighted by molar-refractivity contribution is 0.0186. The Morgan fingerprint density at radius 3 is 2.38 bits per heavy atom. The van der Waals surface area contributed by atoms with Crippen molar-refractivity contribution in [3.05, 3.63) is 60.2 Å². The summed E-state index contributed by atoms with van der Waals surface area (Å²) < 4.78 is 5.84. The van der Waals surface area contributed by atoms with Gasteiger partial charge in [0, 0.05) is 12.6 Å². The summed E-state index contributed by atoms with van der Waals surface area (Å²) in [6.07, 6.45) is -1.79. The molecule has 0 unspecified atom stereocenters. The van der Waals surface area contributed by atoms with E-state index < -0.39 is 18.2 Å². The van der Waals surface area contributed by atoms with E-state index >= 15 is 0 Å². The lowest BCUT2D eigenvalue weighted by atomic mass is 10.1. The minimum absolute atomic E-state index is 0.192. The largest absolute Gasteiger partial charge is 0.457 e. The predicted molar refractivity (Wildman–Crippen MR) is 90.9 cm³/mol. The van der Waals surface area contributed by atoms with Crippen LogP contribution in [-0.4, -0.2) is 51.1 Å². The molecule has 0 spiro atoms. The molecule has 0 saturated carbocycles. The van der Waals surface area contributed by atoms with Gasteiger partial charge in [0.2, 0.25) is 0 Å². The van der Waals surface area contributed by atoms with Gasteiger partial charge in [0.25, 0.3) is 0 Å². The molecule has 5 heteroatoms. The summed E-state index contributed by atoms with van der Waals surface area (Å²) in [4.78, 5) is 1.93. The summed E-state index contributed by atoms with van der Waals surface area (Å²) in [6.45, 7) is 2.18. The van der Waals surface area contributed by atoms with Gasteiger partial charge in [0.15, 0.2) is 0 Å². The SMILES string of the molecule is C[C@H]1[C@H](O)[C@H](O)[C@@H](CO)N1Cc1cccc(Oc2ccccc2)c1. The standard InChI is InChI=1S/C19H23NO4/c1-13-18(22)19(23)17(12-21)20(13)11-14-6-5-9-16(10-14)24-15-7-3-2-4-8-15/h2-10,13,17-19,21-23H,11-12H2,1H3/t13-,17+,18-,19+/m0/s1. The Morgan fingerprint density at radius 2 is 1.67 bits per heavy atom. The Labute approximate surface area is 141 Å². The second kappa shape index (κ2) is 7.32. The molecule has 1 aliphatic rings. The number of hydrogen-bond donors (Lipinski definition) is 3. The van der Waals surface area contributed by atoms with Crippen molar-refractivity contribution in [2.45, 2.75) is 37.8 Å². The van der Waals surface area contributed by atoms with Gasteiger partial charge in [-0.1, -0.05) is 30.3 Å². The third-order valence-corrected chi connectivity index (χ3v) is 4.62. The van der Waals surface area contributed by atoms with E-state index in [1.165, 1.54) is 0 Å². The first kappa shape index (κ1) is 16.9. The number of ether oxygens (including phenoxy) is 1. The average Bonchev–Trinajstić information content (AvgIpc) is 2.80. The van der Waals surface area contributed by atoms with Gasteiger partial charge in [-0.15, -0.1) is 0 Å². The number of aliphatic hydroxyl groups excluding tert-OH is 3. The molecule has 0 amide bonds. The van der Waals surface area contributed by atoms with Gasteiger partial charge >= 0.3 is 0 Å². The molecule has 0 bridgehead atoms. The zero-order chi connectivity index (χ0) is 17.1. The first-order chi connectivity index (χ1) is 11.6. The van der Waals surface area contributed by atoms with Crippen LogP contribution >= 0.6 is 0 Å². The fourth-order valence-corrected chi connectivity index (χ4v) is 3.22. The Balaban J connectivity index is 1.75. The van der Waals surface area contributed by atoms with Gasteiger partial charge in [-0.2, -0.15) is 0 Å². The van der Waals surface area contributed by atoms with Crippen LogP contribution in [0.4, 0.5) is 0 Å². The highest BCUT2D eigenvalue weighted by molar-refractivity contribution is 5.34. The molecule has 2 aromatic carbocycles. The lowest BCUT2D eigenvalue weighted by Gasteiger charge is -2.27. The molecular formula is C19H23NO4. The lowest BCUT2D eigenvalue weighted by Crippen LogP contribution is -2.40. The average molecular weight is 329 g/mol. The van der Waals surface area contributed by atoms with Crippen LogP contribution in [0.1, 0.15) is 12.5 Å². The van der Waals surface area contributed by atoms with Gasteiger partial charge < -0.3 is 20.1 Å². The molecule has 4 atom stereocenters. The number of para-hydroxylation sites is 1. The van der Waals surface area contributed by atoms with E-state index in [2.05, 4.69) is 0 Å². The normalized spacial score (nSPS) is 27.3. The quantitative estimate of drug-likeness (QED) is 0.780. The molecule has 0 aromatic heterocycles. The maximum Gasteiger partial charge on any atom is 0.127 e. The number of nitrogens with zero attached hydrogens (tertiary/aromatic N) is 1. The Bertz CT molecular complexity index is 663. The van der Waals surface area contributed by atoms with Gasteiger partial charge in [0.1, 0.15) is 11.5 Å². The monoisotopic (exact) mass is 329 g/mol. The fourth-order valence-electron chi connectivity index (χ4n) is 3.22. The van der Waals surface area contributed by atoms with Crippen molar-refractivity contribution in [1.82, 2.24) is 4.90 Å². The summed E-state index contributed by atoms with van der Waals surface area (Å²) >= 11 is 0. The fraction of sp³-hybridized carbons (Fsp3) is 0.368. The molecule has 1 saturated heterocycles. The molecule has 3 N–H and O–H groups in total. The summed E-state index contributed by atoms with van der Waals surface area (Å²) in [7, 11) is 0. The minimum atomic E-state index is -0.936. The van der Waals surface area contributed by atoms with Crippen LogP contribution in [0.15, 0.2) is 54.6 Å². The maximum absolute atomic E-state index is 10.0. The van der Waals surface area contributed by atoms with Crippen molar-refractivity contribution in [2.75, 3.05) is 6.61 Å². The second-order valence-corrected chi connectivity index (χ2v) is 6.21. The first-order valence-electron chi connectivity index (χ1n) is 8.14. The van der Waals surface area contributed by atoms with Crippen molar-refractivity contribution in [3.63, 3.8) is 0 Å². The zero-order valence-electron chi connectivity index (χ0n) is 13.6. The summed E-state index contributed by atoms with van der Waals surface area (Å²) in [5.41, 5.74) is 0.995. The number of likely N-dealkylation sites (tertiary alicyclic amines) is 1. The Morgan fingerprint density at radius 1 is 0.958 bits per heavy atom. The zero-order valence-corrected chi connectivity index (χ0v) is 13.6. The molecule has 0 aliphatic carbocycles. The maximum atomic E-state index is 10.0. The van der Waals surface area contributed by atoms with Crippen LogP contribution in [0.2, 0.25) is 0 Å². The highest BCUT2D eigenvalue weighted by Crippen LogP contribution is 2.28. The molecule has 24 heavy (non-hydrogen) atoms. The first-order valence-corrected chi connectivity index (χ1v) is 8.14. The molecule has 5 nitrogen and oxygen atoms in total. The molecule has 1 heterocycles. The predicted octanol–water partition coefficient (Wildman–Crippen LogP) is 1.77. The van der Waals surface area contributed by atoms with Gasteiger partial charge in [-0.3, -0.25) is 4.90 Å². The molecule has 1 aliphatic heterocycles. The summed E-state index contributed by atoms with van der Waals surface area (Å²) in [5, 5.41) is 29.6. The van der Waals surface area contributed by atoms with E-state index in [1.54, 1.807) is 0 Å². The van der Waals surface area contributed by atoms with Crippen molar-refractivity contribution in [1.29, 1.82) is 0 Å². The van der Waals surface area contributed by atoms with Crippen LogP contribution in [0, 0.1) is 0 Å². The van der Waals surface area contributed by atoms with Crippen molar-refractivity contribution in [2.24, 2.45) is 0 Å². The highest BCUT2D eigenvalue weighted by Gasteiger charge is 2.44. The number of hydrogen-bond acceptors (Lipinski definition) is 5. The van der Waals surface area contributed by atoms with Crippen LogP contribution in [0.5, 0.6) is 11.5 Å². The van der Waals surface area contributed by atoms with Gasteiger partial charge in [0.05, 0.1) is 24.9 Å². The molecule has 1 fully saturated rings. The second-order valence-electron chi connectivity index (χ2n) is 6.21. The minimum Gasteiger partial charge on any atom is -0.457 e. The van der Waals surface area contributed by atoms with Crippen LogP contribution in [0.25, 0.3) is 0 Å². The molecule has 0 radical (unpaired) electrons. The van der Waals surface area contributed by atoms with Crippen molar-refractivity contribution in [3.8, 4) is 11.5 Å². The Hall–Kier alpha value is -1.92. The highest BCUT2D eigenvalue weighted by atomic mass is 16.5. The molecule has 128 valence electrons. The van der Waals surface area contributed by atoms with Crippen LogP contribution in [-0.2, 0) is 6.54 Å². The van der Waals surface area contributed by atoms with E-state index in [0.29, 0.717) is 6.54 Å². The van der Waals surface area contributed by atoms with Gasteiger partial charge in [-0.25, -0.2) is 0 Å². The van der Waals surface area contributed by atoms with E-state index in [1.807, 2.05) is 66.4 Å². The van der Waals surface area contributed by atoms with E-state index in [9.17, 15) is 15.3 Å². The van der Waals surface area contributed by atoms with Crippen LogP contribution in [0.3, 0.4) is 0 Å². The van der Waals surface area contributed by atoms with Crippen LogP contribution < -0.4 is 4.74 Å². The third-order valence-electron chi connectivity index (χ3n) is 4.62. The van der Waals surface area contributed by atoms with Gasteiger partial charge in [-0.05, 0) is 36.8 Å². The third kappa shape index (κ3) is 3.44. The number of aliphatic hydroxyl groups is 3. The molecule has 3 rings (SSSR count). The van der Waals surface area contributed by atoms with E-state index in [-0.39, 0.29) is 12.6 Å². The van der Waals surface area contributed by atoms with E-state index in [0.717, 1.165) is 17.1 Å². The van der Waals surface area contributed by atoms with Crippen molar-refractivity contribution < 1.29 is 20.1 Å². The summed E-state index contributed by atoms with van der Waals surface area (Å²) in [6, 6.07) is 16.6. The Kier molecular flexibility index (Phi) is 5.16. The van der Waals surface area contributed by atoms with Crippen molar-refractivity contribution >= 4 is 0 Å². The van der Waals surface area contributed by atoms with E-state index in [4.69, 9.17) is 4.74 Å². The molecular weight excluding hydrogens is 306 g/mol. The summed E-state index contributed by atoms with van der Waals surface area (Å²) in [5.74, 6) is 1.50. The smallest absolute Gasteiger partial charge is 0.127 e. The number of benzene rings is 2.